The van der Waals surface area contributed by atoms with Crippen molar-refractivity contribution in [1.82, 2.24) is 10.6 Å². The van der Waals surface area contributed by atoms with Crippen molar-refractivity contribution < 1.29 is 14.3 Å². The van der Waals surface area contributed by atoms with Gasteiger partial charge in [-0.15, -0.1) is 0 Å². The quantitative estimate of drug-likeness (QED) is 0.563. The fourth-order valence-corrected chi connectivity index (χ4v) is 2.98. The van der Waals surface area contributed by atoms with E-state index in [2.05, 4.69) is 27.8 Å². The Morgan fingerprint density at radius 1 is 1.20 bits per heavy atom. The van der Waals surface area contributed by atoms with Gasteiger partial charge >= 0.3 is 0 Å². The number of carbonyl (C=O) groups is 2. The Kier molecular flexibility index (Phi) is 6.04. The average molecular weight is 341 g/mol. The lowest BCUT2D eigenvalue weighted by Gasteiger charge is -2.22. The van der Waals surface area contributed by atoms with Crippen molar-refractivity contribution in [3.63, 3.8) is 0 Å². The summed E-state index contributed by atoms with van der Waals surface area (Å²) in [5.41, 5.74) is 1.69. The van der Waals surface area contributed by atoms with Gasteiger partial charge in [0.25, 0.3) is 0 Å². The number of carbonyl (C=O) groups excluding carboxylic acids is 2. The molecule has 1 aromatic carbocycles. The minimum atomic E-state index is -0.385. The van der Waals surface area contributed by atoms with Crippen molar-refractivity contribution in [2.24, 2.45) is 0 Å². The van der Waals surface area contributed by atoms with Crippen LogP contribution in [-0.4, -0.2) is 43.7 Å². The second-order valence-corrected chi connectivity index (χ2v) is 6.29. The molecular formula is C19H23N3O3. The number of amides is 2. The van der Waals surface area contributed by atoms with E-state index in [1.165, 1.54) is 0 Å². The fourth-order valence-electron chi connectivity index (χ4n) is 2.98. The highest BCUT2D eigenvalue weighted by Gasteiger charge is 2.26. The lowest BCUT2D eigenvalue weighted by molar-refractivity contribution is -0.133. The van der Waals surface area contributed by atoms with Gasteiger partial charge in [0.1, 0.15) is 12.6 Å². The van der Waals surface area contributed by atoms with Gasteiger partial charge in [0.2, 0.25) is 11.8 Å². The predicted octanol–water partition coefficient (Wildman–Crippen LogP) is 1.02. The summed E-state index contributed by atoms with van der Waals surface area (Å²) in [4.78, 5) is 23.0. The molecule has 3 rings (SSSR count). The molecule has 0 bridgehead atoms. The van der Waals surface area contributed by atoms with Gasteiger partial charge in [-0.1, -0.05) is 17.9 Å². The second-order valence-electron chi connectivity index (χ2n) is 6.29. The minimum Gasteiger partial charge on any atom is -0.374 e. The maximum atomic E-state index is 11.8. The first-order valence-electron chi connectivity index (χ1n) is 8.72. The van der Waals surface area contributed by atoms with E-state index in [4.69, 9.17) is 4.74 Å². The van der Waals surface area contributed by atoms with Crippen LogP contribution < -0.4 is 16.0 Å². The molecule has 2 heterocycles. The van der Waals surface area contributed by atoms with E-state index < -0.39 is 0 Å². The lowest BCUT2D eigenvalue weighted by atomic mass is 10.1. The molecule has 25 heavy (non-hydrogen) atoms. The molecule has 1 atom stereocenters. The SMILES string of the molecule is O=C1CCC(Nc2cccc(C#CCOC3CCNCC3)c2)C(=O)N1. The van der Waals surface area contributed by atoms with Gasteiger partial charge in [0.15, 0.2) is 0 Å². The molecule has 0 aromatic heterocycles. The van der Waals surface area contributed by atoms with E-state index in [1.807, 2.05) is 24.3 Å². The van der Waals surface area contributed by atoms with Crippen LogP contribution in [0.15, 0.2) is 24.3 Å². The van der Waals surface area contributed by atoms with Crippen LogP contribution in [0.4, 0.5) is 5.69 Å². The smallest absolute Gasteiger partial charge is 0.249 e. The van der Waals surface area contributed by atoms with Crippen LogP contribution in [0.3, 0.4) is 0 Å². The number of anilines is 1. The highest BCUT2D eigenvalue weighted by molar-refractivity contribution is 6.01. The number of piperidine rings is 2. The molecule has 2 aliphatic heterocycles. The Labute approximate surface area is 147 Å². The fraction of sp³-hybridized carbons (Fsp3) is 0.474. The molecule has 2 amide bonds. The summed E-state index contributed by atoms with van der Waals surface area (Å²) in [6, 6.07) is 7.23. The number of hydrogen-bond donors (Lipinski definition) is 3. The van der Waals surface area contributed by atoms with E-state index in [1.54, 1.807) is 0 Å². The number of rotatable bonds is 4. The summed E-state index contributed by atoms with van der Waals surface area (Å²) in [6.45, 7) is 2.44. The van der Waals surface area contributed by atoms with Gasteiger partial charge in [-0.2, -0.15) is 0 Å². The summed E-state index contributed by atoms with van der Waals surface area (Å²) in [7, 11) is 0. The number of hydrogen-bond acceptors (Lipinski definition) is 5. The zero-order chi connectivity index (χ0) is 17.5. The van der Waals surface area contributed by atoms with E-state index >= 15 is 0 Å². The summed E-state index contributed by atoms with van der Waals surface area (Å²) in [5, 5.41) is 8.82. The number of ether oxygens (including phenoxy) is 1. The first-order valence-corrected chi connectivity index (χ1v) is 8.72. The lowest BCUT2D eigenvalue weighted by Crippen LogP contribution is -2.47. The molecule has 0 spiro atoms. The first-order chi connectivity index (χ1) is 12.2. The molecule has 0 aliphatic carbocycles. The Morgan fingerprint density at radius 3 is 2.84 bits per heavy atom. The molecular weight excluding hydrogens is 318 g/mol. The monoisotopic (exact) mass is 341 g/mol. The number of nitrogens with one attached hydrogen (secondary N) is 3. The van der Waals surface area contributed by atoms with Crippen molar-refractivity contribution in [1.29, 1.82) is 0 Å². The van der Waals surface area contributed by atoms with Crippen molar-refractivity contribution in [3.05, 3.63) is 29.8 Å². The second kappa shape index (κ2) is 8.65. The molecule has 0 radical (unpaired) electrons. The van der Waals surface area contributed by atoms with Crippen LogP contribution in [0, 0.1) is 11.8 Å². The molecule has 6 heteroatoms. The average Bonchev–Trinajstić information content (AvgIpc) is 2.62. The predicted molar refractivity (Wildman–Crippen MR) is 95.0 cm³/mol. The number of benzene rings is 1. The summed E-state index contributed by atoms with van der Waals surface area (Å²) >= 11 is 0. The Bertz CT molecular complexity index is 687. The van der Waals surface area contributed by atoms with E-state index in [0.717, 1.165) is 37.2 Å². The van der Waals surface area contributed by atoms with Crippen LogP contribution in [0.2, 0.25) is 0 Å². The van der Waals surface area contributed by atoms with Gasteiger partial charge in [-0.05, 0) is 50.6 Å². The zero-order valence-electron chi connectivity index (χ0n) is 14.1. The van der Waals surface area contributed by atoms with Crippen LogP contribution in [0.25, 0.3) is 0 Å². The van der Waals surface area contributed by atoms with Gasteiger partial charge in [-0.25, -0.2) is 0 Å². The Morgan fingerprint density at radius 2 is 2.04 bits per heavy atom. The Balaban J connectivity index is 1.52. The summed E-state index contributed by atoms with van der Waals surface area (Å²) in [5.74, 6) is 5.66. The molecule has 2 aliphatic rings. The van der Waals surface area contributed by atoms with Crippen molar-refractivity contribution in [3.8, 4) is 11.8 Å². The molecule has 6 nitrogen and oxygen atoms in total. The van der Waals surface area contributed by atoms with Crippen molar-refractivity contribution in [2.45, 2.75) is 37.8 Å². The molecule has 2 saturated heterocycles. The van der Waals surface area contributed by atoms with E-state index in [0.29, 0.717) is 25.6 Å². The minimum absolute atomic E-state index is 0.212. The van der Waals surface area contributed by atoms with E-state index in [9.17, 15) is 9.59 Å². The highest BCUT2D eigenvalue weighted by Crippen LogP contribution is 2.15. The van der Waals surface area contributed by atoms with Crippen LogP contribution >= 0.6 is 0 Å². The van der Waals surface area contributed by atoms with Crippen LogP contribution in [0.5, 0.6) is 0 Å². The standard InChI is InChI=1S/C19H23N3O3/c23-18-7-6-17(19(24)22-18)21-15-5-1-3-14(13-15)4-2-12-25-16-8-10-20-11-9-16/h1,3,5,13,16-17,20-21H,6-12H2,(H,22,23,24). The maximum Gasteiger partial charge on any atom is 0.249 e. The Hall–Kier alpha value is -2.36. The molecule has 0 saturated carbocycles. The molecule has 2 fully saturated rings. The first kappa shape index (κ1) is 17.5. The maximum absolute atomic E-state index is 11.8. The molecule has 132 valence electrons. The van der Waals surface area contributed by atoms with Crippen LogP contribution in [0.1, 0.15) is 31.2 Å². The van der Waals surface area contributed by atoms with Crippen LogP contribution in [-0.2, 0) is 14.3 Å². The van der Waals surface area contributed by atoms with Crippen molar-refractivity contribution >= 4 is 17.5 Å². The molecule has 1 aromatic rings. The highest BCUT2D eigenvalue weighted by atomic mass is 16.5. The zero-order valence-corrected chi connectivity index (χ0v) is 14.1. The van der Waals surface area contributed by atoms with Gasteiger partial charge in [0, 0.05) is 17.7 Å². The van der Waals surface area contributed by atoms with Gasteiger partial charge in [-0.3, -0.25) is 14.9 Å². The molecule has 1 unspecified atom stereocenters. The largest absolute Gasteiger partial charge is 0.374 e. The third kappa shape index (κ3) is 5.31. The number of imide groups is 1. The van der Waals surface area contributed by atoms with Gasteiger partial charge < -0.3 is 15.4 Å². The third-order valence-electron chi connectivity index (χ3n) is 4.35. The van der Waals surface area contributed by atoms with Gasteiger partial charge in [0.05, 0.1) is 6.10 Å². The normalized spacial score (nSPS) is 21.2. The third-order valence-corrected chi connectivity index (χ3v) is 4.35. The molecule has 3 N–H and O–H groups in total. The summed E-state index contributed by atoms with van der Waals surface area (Å²) < 4.78 is 5.77. The summed E-state index contributed by atoms with van der Waals surface area (Å²) in [6.07, 6.45) is 3.23. The van der Waals surface area contributed by atoms with Crippen molar-refractivity contribution in [2.75, 3.05) is 25.0 Å². The van der Waals surface area contributed by atoms with E-state index in [-0.39, 0.29) is 17.9 Å². The topological polar surface area (TPSA) is 79.5 Å².